The van der Waals surface area contributed by atoms with E-state index in [-0.39, 0.29) is 18.6 Å². The van der Waals surface area contributed by atoms with E-state index >= 15 is 0 Å². The number of carbonyl (C=O) groups is 2. The topological polar surface area (TPSA) is 64.4 Å². The van der Waals surface area contributed by atoms with Crippen LogP contribution in [0.3, 0.4) is 0 Å². The Hall–Kier alpha value is -2.31. The van der Waals surface area contributed by atoms with Crippen LogP contribution in [-0.2, 0) is 20.9 Å². The van der Waals surface area contributed by atoms with Gasteiger partial charge in [0.1, 0.15) is 5.15 Å². The number of hydrogen-bond acceptors (Lipinski definition) is 4. The lowest BCUT2D eigenvalue weighted by molar-refractivity contribution is -0.149. The molecule has 1 aliphatic heterocycles. The predicted molar refractivity (Wildman–Crippen MR) is 118 cm³/mol. The standard InChI is InChI=1S/C22H25Cl2N3O3/c1-15-7-5-6-12-26(15)20(28)14-30-21(29)11-10-18-16(2)25-27(22(18)24)13-17-8-3-4-9-19(17)23/h3-4,8-11,15H,5-7,12-14H2,1-2H3/b11-10+/t15-/m1/s1. The first-order chi connectivity index (χ1) is 14.4. The van der Waals surface area contributed by atoms with Crippen LogP contribution in [0, 0.1) is 6.92 Å². The van der Waals surface area contributed by atoms with Gasteiger partial charge >= 0.3 is 5.97 Å². The van der Waals surface area contributed by atoms with Crippen LogP contribution in [0.2, 0.25) is 10.2 Å². The van der Waals surface area contributed by atoms with E-state index in [1.54, 1.807) is 22.6 Å². The van der Waals surface area contributed by atoms with E-state index in [1.165, 1.54) is 6.08 Å². The van der Waals surface area contributed by atoms with Crippen molar-refractivity contribution in [3.63, 3.8) is 0 Å². The van der Waals surface area contributed by atoms with Gasteiger partial charge in [-0.1, -0.05) is 41.4 Å². The average Bonchev–Trinajstić information content (AvgIpc) is 2.99. The van der Waals surface area contributed by atoms with Gasteiger partial charge in [0, 0.05) is 29.2 Å². The maximum atomic E-state index is 12.3. The van der Waals surface area contributed by atoms with Crippen molar-refractivity contribution in [1.29, 1.82) is 0 Å². The zero-order valence-electron chi connectivity index (χ0n) is 17.1. The highest BCUT2D eigenvalue weighted by molar-refractivity contribution is 6.32. The number of piperidine rings is 1. The Morgan fingerprint density at radius 3 is 2.77 bits per heavy atom. The number of halogens is 2. The number of nitrogens with zero attached hydrogens (tertiary/aromatic N) is 3. The number of esters is 1. The number of aryl methyl sites for hydroxylation is 1. The quantitative estimate of drug-likeness (QED) is 0.480. The lowest BCUT2D eigenvalue weighted by atomic mass is 10.0. The molecule has 0 radical (unpaired) electrons. The van der Waals surface area contributed by atoms with Gasteiger partial charge in [0.05, 0.1) is 12.2 Å². The van der Waals surface area contributed by atoms with Crippen LogP contribution in [0.5, 0.6) is 0 Å². The van der Waals surface area contributed by atoms with Crippen LogP contribution < -0.4 is 0 Å². The summed E-state index contributed by atoms with van der Waals surface area (Å²) in [4.78, 5) is 26.1. The van der Waals surface area contributed by atoms with E-state index in [9.17, 15) is 9.59 Å². The van der Waals surface area contributed by atoms with Gasteiger partial charge in [0.25, 0.3) is 5.91 Å². The molecule has 0 unspecified atom stereocenters. The Balaban J connectivity index is 1.60. The molecule has 0 N–H and O–H groups in total. The fourth-order valence-electron chi connectivity index (χ4n) is 3.53. The number of amides is 1. The number of likely N-dealkylation sites (tertiary alicyclic amines) is 1. The molecule has 8 heteroatoms. The van der Waals surface area contributed by atoms with Gasteiger partial charge in [0.2, 0.25) is 0 Å². The number of hydrogen-bond donors (Lipinski definition) is 0. The molecule has 1 amide bonds. The highest BCUT2D eigenvalue weighted by Crippen LogP contribution is 2.24. The largest absolute Gasteiger partial charge is 0.452 e. The normalized spacial score (nSPS) is 16.8. The third kappa shape index (κ3) is 5.43. The molecule has 0 bridgehead atoms. The van der Waals surface area contributed by atoms with Crippen molar-refractivity contribution in [2.75, 3.05) is 13.2 Å². The van der Waals surface area contributed by atoms with E-state index in [0.29, 0.717) is 34.5 Å². The summed E-state index contributed by atoms with van der Waals surface area (Å²) in [5, 5.41) is 5.46. The second-order valence-corrected chi connectivity index (χ2v) is 8.18. The third-order valence-corrected chi connectivity index (χ3v) is 6.00. The highest BCUT2D eigenvalue weighted by Gasteiger charge is 2.23. The Kier molecular flexibility index (Phi) is 7.56. The first kappa shape index (κ1) is 22.4. The number of rotatable bonds is 6. The van der Waals surface area contributed by atoms with Gasteiger partial charge < -0.3 is 9.64 Å². The third-order valence-electron chi connectivity index (χ3n) is 5.23. The van der Waals surface area contributed by atoms with E-state index in [0.717, 1.165) is 24.8 Å². The van der Waals surface area contributed by atoms with Gasteiger partial charge in [-0.15, -0.1) is 0 Å². The molecule has 3 rings (SSSR count). The van der Waals surface area contributed by atoms with Gasteiger partial charge in [-0.05, 0) is 50.8 Å². The number of benzene rings is 1. The fraction of sp³-hybridized carbons (Fsp3) is 0.409. The van der Waals surface area contributed by atoms with Crippen LogP contribution in [0.15, 0.2) is 30.3 Å². The summed E-state index contributed by atoms with van der Waals surface area (Å²) in [5.74, 6) is -0.756. The van der Waals surface area contributed by atoms with Crippen molar-refractivity contribution in [2.45, 2.75) is 45.7 Å². The minimum Gasteiger partial charge on any atom is -0.452 e. The minimum absolute atomic E-state index is 0.161. The molecule has 2 heterocycles. The number of aromatic nitrogens is 2. The van der Waals surface area contributed by atoms with Crippen LogP contribution in [-0.4, -0.2) is 45.8 Å². The molecule has 1 atom stereocenters. The zero-order chi connectivity index (χ0) is 21.7. The van der Waals surface area contributed by atoms with Crippen LogP contribution in [0.4, 0.5) is 0 Å². The Bertz CT molecular complexity index is 955. The van der Waals surface area contributed by atoms with E-state index in [2.05, 4.69) is 5.10 Å². The van der Waals surface area contributed by atoms with Crippen LogP contribution >= 0.6 is 23.2 Å². The molecule has 2 aromatic rings. The second-order valence-electron chi connectivity index (χ2n) is 7.41. The Morgan fingerprint density at radius 1 is 1.27 bits per heavy atom. The molecule has 160 valence electrons. The van der Waals surface area contributed by atoms with Gasteiger partial charge in [-0.2, -0.15) is 5.10 Å². The molecular formula is C22H25Cl2N3O3. The lowest BCUT2D eigenvalue weighted by Gasteiger charge is -2.33. The van der Waals surface area contributed by atoms with Crippen LogP contribution in [0.1, 0.15) is 43.0 Å². The summed E-state index contributed by atoms with van der Waals surface area (Å²) in [6, 6.07) is 7.66. The molecule has 1 aromatic heterocycles. The lowest BCUT2D eigenvalue weighted by Crippen LogP contribution is -2.44. The number of carbonyl (C=O) groups excluding carboxylic acids is 2. The van der Waals surface area contributed by atoms with Crippen molar-refractivity contribution in [3.8, 4) is 0 Å². The zero-order valence-corrected chi connectivity index (χ0v) is 18.6. The molecule has 0 aliphatic carbocycles. The maximum absolute atomic E-state index is 12.3. The molecule has 6 nitrogen and oxygen atoms in total. The van der Waals surface area contributed by atoms with Gasteiger partial charge in [-0.3, -0.25) is 4.79 Å². The first-order valence-electron chi connectivity index (χ1n) is 9.97. The van der Waals surface area contributed by atoms with E-state index in [4.69, 9.17) is 27.9 Å². The average molecular weight is 450 g/mol. The second kappa shape index (κ2) is 10.1. The fourth-order valence-corrected chi connectivity index (χ4v) is 4.03. The summed E-state index contributed by atoms with van der Waals surface area (Å²) < 4.78 is 6.75. The van der Waals surface area contributed by atoms with Crippen molar-refractivity contribution in [3.05, 3.63) is 57.3 Å². The predicted octanol–water partition coefficient (Wildman–Crippen LogP) is 4.50. The minimum atomic E-state index is -0.595. The molecule has 1 aromatic carbocycles. The molecule has 0 saturated carbocycles. The van der Waals surface area contributed by atoms with Crippen molar-refractivity contribution < 1.29 is 14.3 Å². The van der Waals surface area contributed by atoms with Crippen molar-refractivity contribution in [2.24, 2.45) is 0 Å². The molecule has 0 spiro atoms. The molecule has 30 heavy (non-hydrogen) atoms. The highest BCUT2D eigenvalue weighted by atomic mass is 35.5. The first-order valence-corrected chi connectivity index (χ1v) is 10.7. The molecule has 1 fully saturated rings. The summed E-state index contributed by atoms with van der Waals surface area (Å²) in [6.45, 7) is 4.70. The van der Waals surface area contributed by atoms with Gasteiger partial charge in [-0.25, -0.2) is 9.48 Å². The molecule has 1 aliphatic rings. The Morgan fingerprint density at radius 2 is 2.03 bits per heavy atom. The van der Waals surface area contributed by atoms with E-state index in [1.807, 2.05) is 31.2 Å². The van der Waals surface area contributed by atoms with Crippen molar-refractivity contribution in [1.82, 2.24) is 14.7 Å². The molecular weight excluding hydrogens is 425 g/mol. The summed E-state index contributed by atoms with van der Waals surface area (Å²) in [7, 11) is 0. The van der Waals surface area contributed by atoms with E-state index < -0.39 is 5.97 Å². The molecule has 1 saturated heterocycles. The maximum Gasteiger partial charge on any atom is 0.331 e. The number of ether oxygens (including phenoxy) is 1. The SMILES string of the molecule is Cc1nn(Cc2ccccc2Cl)c(Cl)c1/C=C/C(=O)OCC(=O)N1CCCC[C@H]1C. The smallest absolute Gasteiger partial charge is 0.331 e. The summed E-state index contributed by atoms with van der Waals surface area (Å²) in [5.41, 5.74) is 2.19. The monoisotopic (exact) mass is 449 g/mol. The van der Waals surface area contributed by atoms with Crippen molar-refractivity contribution >= 4 is 41.2 Å². The summed E-state index contributed by atoms with van der Waals surface area (Å²) in [6.07, 6.45) is 5.92. The van der Waals surface area contributed by atoms with Crippen LogP contribution in [0.25, 0.3) is 6.08 Å². The van der Waals surface area contributed by atoms with Gasteiger partial charge in [0.15, 0.2) is 6.61 Å². The Labute approximate surface area is 186 Å². The summed E-state index contributed by atoms with van der Waals surface area (Å²) >= 11 is 12.7.